The van der Waals surface area contributed by atoms with E-state index >= 15 is 0 Å². The van der Waals surface area contributed by atoms with Crippen LogP contribution in [0.5, 0.6) is 0 Å². The Bertz CT molecular complexity index is 494. The van der Waals surface area contributed by atoms with Crippen molar-refractivity contribution in [3.8, 4) is 0 Å². The maximum absolute atomic E-state index is 11.2. The topological polar surface area (TPSA) is 49.8 Å². The summed E-state index contributed by atoms with van der Waals surface area (Å²) in [5.41, 5.74) is 2.67. The first-order chi connectivity index (χ1) is 9.19. The van der Waals surface area contributed by atoms with Gasteiger partial charge < -0.3 is 9.84 Å². The second-order valence-electron chi connectivity index (χ2n) is 5.45. The molecule has 0 aromatic heterocycles. The van der Waals surface area contributed by atoms with Gasteiger partial charge in [0, 0.05) is 26.2 Å². The molecule has 1 saturated carbocycles. The van der Waals surface area contributed by atoms with Gasteiger partial charge >= 0.3 is 5.97 Å². The minimum atomic E-state index is -0.812. The summed E-state index contributed by atoms with van der Waals surface area (Å²) in [6.45, 7) is 1.83. The zero-order chi connectivity index (χ0) is 13.4. The number of nitrogens with zero attached hydrogens (tertiary/aromatic N) is 1. The lowest BCUT2D eigenvalue weighted by atomic mass is 9.85. The summed E-state index contributed by atoms with van der Waals surface area (Å²) in [5.74, 6) is -0.812. The Morgan fingerprint density at radius 1 is 1.42 bits per heavy atom. The van der Waals surface area contributed by atoms with Crippen molar-refractivity contribution in [1.82, 2.24) is 4.90 Å². The third-order valence-corrected chi connectivity index (χ3v) is 4.45. The Balaban J connectivity index is 1.74. The predicted molar refractivity (Wildman–Crippen MR) is 71.3 cm³/mol. The summed E-state index contributed by atoms with van der Waals surface area (Å²) in [7, 11) is 1.77. The van der Waals surface area contributed by atoms with Gasteiger partial charge in [0.2, 0.25) is 0 Å². The molecule has 3 rings (SSSR count). The molecule has 1 aliphatic heterocycles. The van der Waals surface area contributed by atoms with Crippen molar-refractivity contribution in [2.24, 2.45) is 0 Å². The highest BCUT2D eigenvalue weighted by molar-refractivity contribution is 5.89. The minimum Gasteiger partial charge on any atom is -0.478 e. The molecule has 1 heterocycles. The number of benzene rings is 1. The molecule has 1 aromatic carbocycles. The molecular weight excluding hydrogens is 242 g/mol. The minimum absolute atomic E-state index is 0.414. The molecule has 4 heteroatoms. The summed E-state index contributed by atoms with van der Waals surface area (Å²) in [6, 6.07) is 6.22. The van der Waals surface area contributed by atoms with Gasteiger partial charge in [0.25, 0.3) is 0 Å². The van der Waals surface area contributed by atoms with E-state index in [4.69, 9.17) is 4.74 Å². The number of hydrogen-bond donors (Lipinski definition) is 1. The van der Waals surface area contributed by atoms with Gasteiger partial charge in [-0.3, -0.25) is 4.90 Å². The lowest BCUT2D eigenvalue weighted by molar-refractivity contribution is -0.0314. The van der Waals surface area contributed by atoms with Gasteiger partial charge in [-0.15, -0.1) is 0 Å². The summed E-state index contributed by atoms with van der Waals surface area (Å²) in [5, 5.41) is 9.21. The van der Waals surface area contributed by atoms with Crippen LogP contribution in [0.3, 0.4) is 0 Å². The van der Waals surface area contributed by atoms with Crippen molar-refractivity contribution in [3.05, 3.63) is 34.9 Å². The van der Waals surface area contributed by atoms with E-state index in [9.17, 15) is 9.90 Å². The first kappa shape index (κ1) is 12.6. The van der Waals surface area contributed by atoms with E-state index in [2.05, 4.69) is 11.0 Å². The van der Waals surface area contributed by atoms with Crippen molar-refractivity contribution < 1.29 is 14.6 Å². The molecule has 2 aliphatic rings. The van der Waals surface area contributed by atoms with Gasteiger partial charge in [0.05, 0.1) is 11.7 Å². The lowest BCUT2D eigenvalue weighted by Gasteiger charge is -2.44. The fraction of sp³-hybridized carbons (Fsp3) is 0.533. The summed E-state index contributed by atoms with van der Waals surface area (Å²) in [6.07, 6.45) is 3.46. The van der Waals surface area contributed by atoms with Crippen molar-refractivity contribution in [1.29, 1.82) is 0 Å². The highest BCUT2D eigenvalue weighted by Crippen LogP contribution is 2.32. The smallest absolute Gasteiger partial charge is 0.335 e. The lowest BCUT2D eigenvalue weighted by Crippen LogP contribution is -2.49. The molecule has 1 aliphatic carbocycles. The average molecular weight is 261 g/mol. The van der Waals surface area contributed by atoms with E-state index in [1.807, 2.05) is 6.07 Å². The number of fused-ring (bicyclic) bond motifs is 1. The number of aromatic carboxylic acids is 1. The number of hydrogen-bond acceptors (Lipinski definition) is 3. The van der Waals surface area contributed by atoms with Gasteiger partial charge in [0.15, 0.2) is 0 Å². The Hall–Kier alpha value is -1.39. The number of carboxylic acid groups (broad SMARTS) is 1. The Labute approximate surface area is 113 Å². The fourth-order valence-electron chi connectivity index (χ4n) is 3.17. The molecule has 1 N–H and O–H groups in total. The van der Waals surface area contributed by atoms with Crippen LogP contribution >= 0.6 is 0 Å². The van der Waals surface area contributed by atoms with Gasteiger partial charge in [-0.1, -0.05) is 12.1 Å². The summed E-state index contributed by atoms with van der Waals surface area (Å²) < 4.78 is 5.32. The van der Waals surface area contributed by atoms with E-state index in [1.165, 1.54) is 5.56 Å². The number of rotatable bonds is 3. The normalized spacial score (nSPS) is 26.6. The molecule has 1 fully saturated rings. The zero-order valence-corrected chi connectivity index (χ0v) is 11.1. The van der Waals surface area contributed by atoms with Gasteiger partial charge in [0.1, 0.15) is 0 Å². The first-order valence-corrected chi connectivity index (χ1v) is 6.80. The van der Waals surface area contributed by atoms with Crippen molar-refractivity contribution in [2.45, 2.75) is 38.0 Å². The number of carbonyl (C=O) groups is 1. The van der Waals surface area contributed by atoms with Crippen LogP contribution in [0.2, 0.25) is 0 Å². The van der Waals surface area contributed by atoms with Gasteiger partial charge in [-0.25, -0.2) is 4.79 Å². The average Bonchev–Trinajstić information content (AvgIpc) is 2.36. The Morgan fingerprint density at radius 3 is 2.89 bits per heavy atom. The highest BCUT2D eigenvalue weighted by Gasteiger charge is 2.35. The third-order valence-electron chi connectivity index (χ3n) is 4.45. The molecule has 0 spiro atoms. The van der Waals surface area contributed by atoms with E-state index < -0.39 is 5.97 Å². The van der Waals surface area contributed by atoms with E-state index in [0.717, 1.165) is 37.9 Å². The standard InChI is InChI=1S/C15H19NO3/c1-19-12-7-11(8-12)16-6-5-13-10(9-16)3-2-4-14(13)15(17)18/h2-4,11-12H,5-9H2,1H3,(H,17,18). The SMILES string of the molecule is COC1CC(N2CCc3c(cccc3C(=O)O)C2)C1. The second kappa shape index (κ2) is 4.94. The highest BCUT2D eigenvalue weighted by atomic mass is 16.5. The second-order valence-corrected chi connectivity index (χ2v) is 5.45. The largest absolute Gasteiger partial charge is 0.478 e. The van der Waals surface area contributed by atoms with E-state index in [-0.39, 0.29) is 0 Å². The first-order valence-electron chi connectivity index (χ1n) is 6.80. The van der Waals surface area contributed by atoms with E-state index in [1.54, 1.807) is 13.2 Å². The van der Waals surface area contributed by atoms with Gasteiger partial charge in [-0.05, 0) is 36.5 Å². The van der Waals surface area contributed by atoms with Crippen LogP contribution < -0.4 is 0 Å². The molecule has 0 bridgehead atoms. The van der Waals surface area contributed by atoms with E-state index in [0.29, 0.717) is 17.7 Å². The molecule has 4 nitrogen and oxygen atoms in total. The van der Waals surface area contributed by atoms with Crippen LogP contribution in [-0.4, -0.2) is 41.8 Å². The molecule has 102 valence electrons. The molecule has 0 amide bonds. The number of methoxy groups -OCH3 is 1. The summed E-state index contributed by atoms with van der Waals surface area (Å²) >= 11 is 0. The molecule has 0 unspecified atom stereocenters. The van der Waals surface area contributed by atoms with Crippen LogP contribution in [0, 0.1) is 0 Å². The molecule has 0 radical (unpaired) electrons. The number of carboxylic acids is 1. The monoisotopic (exact) mass is 261 g/mol. The Kier molecular flexibility index (Phi) is 3.29. The van der Waals surface area contributed by atoms with Crippen LogP contribution in [0.15, 0.2) is 18.2 Å². The summed E-state index contributed by atoms with van der Waals surface area (Å²) in [4.78, 5) is 13.7. The molecule has 1 aromatic rings. The van der Waals surface area contributed by atoms with Crippen LogP contribution in [0.1, 0.15) is 34.3 Å². The zero-order valence-electron chi connectivity index (χ0n) is 11.1. The van der Waals surface area contributed by atoms with Crippen LogP contribution in [0.4, 0.5) is 0 Å². The third kappa shape index (κ3) is 2.26. The quantitative estimate of drug-likeness (QED) is 0.903. The molecule has 19 heavy (non-hydrogen) atoms. The van der Waals surface area contributed by atoms with Crippen LogP contribution in [-0.2, 0) is 17.7 Å². The van der Waals surface area contributed by atoms with Crippen molar-refractivity contribution >= 4 is 5.97 Å². The van der Waals surface area contributed by atoms with Gasteiger partial charge in [-0.2, -0.15) is 0 Å². The molecular formula is C15H19NO3. The van der Waals surface area contributed by atoms with Crippen molar-refractivity contribution in [2.75, 3.05) is 13.7 Å². The number of ether oxygens (including phenoxy) is 1. The fourth-order valence-corrected chi connectivity index (χ4v) is 3.17. The maximum Gasteiger partial charge on any atom is 0.335 e. The van der Waals surface area contributed by atoms with Crippen molar-refractivity contribution in [3.63, 3.8) is 0 Å². The van der Waals surface area contributed by atoms with Crippen LogP contribution in [0.25, 0.3) is 0 Å². The predicted octanol–water partition coefficient (Wildman–Crippen LogP) is 1.92. The maximum atomic E-state index is 11.2. The molecule has 0 atom stereocenters. The Morgan fingerprint density at radius 2 is 2.21 bits per heavy atom. The molecule has 0 saturated heterocycles.